The molecule has 0 aromatic heterocycles. The number of hydrogen-bond acceptors (Lipinski definition) is 3. The molecule has 0 aliphatic carbocycles. The number of urea groups is 1. The second-order valence-corrected chi connectivity index (χ2v) is 5.73. The lowest BCUT2D eigenvalue weighted by Crippen LogP contribution is -2.45. The van der Waals surface area contributed by atoms with Crippen molar-refractivity contribution in [3.8, 4) is 5.75 Å². The molecule has 0 saturated carbocycles. The van der Waals surface area contributed by atoms with E-state index in [2.05, 4.69) is 32.1 Å². The molecule has 0 unspecified atom stereocenters. The average molecular weight is 399 g/mol. The summed E-state index contributed by atoms with van der Waals surface area (Å²) < 4.78 is 6.18. The minimum atomic E-state index is -0.579. The van der Waals surface area contributed by atoms with Crippen molar-refractivity contribution in [3.63, 3.8) is 0 Å². The molecule has 0 saturated heterocycles. The van der Waals surface area contributed by atoms with Crippen molar-refractivity contribution in [2.24, 2.45) is 0 Å². The molecule has 0 spiro atoms. The van der Waals surface area contributed by atoms with Gasteiger partial charge in [0.15, 0.2) is 6.61 Å². The van der Waals surface area contributed by atoms with Gasteiger partial charge < -0.3 is 10.1 Å². The SMILES string of the molecule is O=C(COc1ccc(Br)cc1)NNC(=O)Nc1ccc(Cl)cc1. The predicted octanol–water partition coefficient (Wildman–Crippen LogP) is 3.33. The van der Waals surface area contributed by atoms with E-state index >= 15 is 0 Å². The average Bonchev–Trinajstić information content (AvgIpc) is 2.54. The minimum absolute atomic E-state index is 0.219. The molecule has 0 aliphatic rings. The monoisotopic (exact) mass is 397 g/mol. The zero-order valence-electron chi connectivity index (χ0n) is 11.8. The fourth-order valence-electron chi connectivity index (χ4n) is 1.54. The third kappa shape index (κ3) is 6.17. The van der Waals surface area contributed by atoms with Crippen LogP contribution in [0.1, 0.15) is 0 Å². The Labute approximate surface area is 146 Å². The molecule has 0 radical (unpaired) electrons. The van der Waals surface area contributed by atoms with Gasteiger partial charge in [-0.3, -0.25) is 10.2 Å². The van der Waals surface area contributed by atoms with Crippen LogP contribution < -0.4 is 20.9 Å². The van der Waals surface area contributed by atoms with E-state index in [9.17, 15) is 9.59 Å². The standard InChI is InChI=1S/C15H13BrClN3O3/c16-10-1-7-13(8-2-10)23-9-14(21)19-20-15(22)18-12-5-3-11(17)4-6-12/h1-8H,9H2,(H,19,21)(H2,18,20,22). The van der Waals surface area contributed by atoms with Gasteiger partial charge in [-0.2, -0.15) is 0 Å². The molecule has 23 heavy (non-hydrogen) atoms. The lowest BCUT2D eigenvalue weighted by molar-refractivity contribution is -0.123. The predicted molar refractivity (Wildman–Crippen MR) is 91.4 cm³/mol. The van der Waals surface area contributed by atoms with Gasteiger partial charge in [0, 0.05) is 15.2 Å². The van der Waals surface area contributed by atoms with E-state index in [0.717, 1.165) is 4.47 Å². The fraction of sp³-hybridized carbons (Fsp3) is 0.0667. The number of hydrogen-bond donors (Lipinski definition) is 3. The first-order chi connectivity index (χ1) is 11.0. The Kier molecular flexibility index (Phi) is 6.25. The minimum Gasteiger partial charge on any atom is -0.484 e. The van der Waals surface area contributed by atoms with Gasteiger partial charge in [0.2, 0.25) is 0 Å². The second kappa shape index (κ2) is 8.40. The second-order valence-electron chi connectivity index (χ2n) is 4.38. The first-order valence-electron chi connectivity index (χ1n) is 6.53. The van der Waals surface area contributed by atoms with Crippen molar-refractivity contribution in [1.29, 1.82) is 0 Å². The van der Waals surface area contributed by atoms with Crippen LogP contribution in [0, 0.1) is 0 Å². The summed E-state index contributed by atoms with van der Waals surface area (Å²) in [4.78, 5) is 23.2. The summed E-state index contributed by atoms with van der Waals surface area (Å²) in [6.45, 7) is -0.219. The molecule has 0 heterocycles. The molecule has 120 valence electrons. The van der Waals surface area contributed by atoms with Gasteiger partial charge in [-0.1, -0.05) is 27.5 Å². The van der Waals surface area contributed by atoms with Crippen LogP contribution >= 0.6 is 27.5 Å². The maximum Gasteiger partial charge on any atom is 0.337 e. The van der Waals surface area contributed by atoms with Gasteiger partial charge in [0.25, 0.3) is 5.91 Å². The molecular formula is C15H13BrClN3O3. The van der Waals surface area contributed by atoms with E-state index in [1.54, 1.807) is 48.5 Å². The number of halogens is 2. The van der Waals surface area contributed by atoms with E-state index in [0.29, 0.717) is 16.5 Å². The number of anilines is 1. The number of carbonyl (C=O) groups is 2. The van der Waals surface area contributed by atoms with E-state index in [1.165, 1.54) is 0 Å². The zero-order valence-corrected chi connectivity index (χ0v) is 14.1. The molecule has 0 bridgehead atoms. The third-order valence-corrected chi connectivity index (χ3v) is 3.38. The summed E-state index contributed by atoms with van der Waals surface area (Å²) in [7, 11) is 0. The Morgan fingerprint density at radius 3 is 2.30 bits per heavy atom. The number of nitrogens with one attached hydrogen (secondary N) is 3. The topological polar surface area (TPSA) is 79.5 Å². The maximum atomic E-state index is 11.6. The van der Waals surface area contributed by atoms with Crippen molar-refractivity contribution >= 4 is 45.2 Å². The highest BCUT2D eigenvalue weighted by Crippen LogP contribution is 2.15. The van der Waals surface area contributed by atoms with Crippen molar-refractivity contribution in [2.75, 3.05) is 11.9 Å². The lowest BCUT2D eigenvalue weighted by atomic mass is 10.3. The highest BCUT2D eigenvalue weighted by Gasteiger charge is 2.06. The van der Waals surface area contributed by atoms with E-state index in [1.807, 2.05) is 0 Å². The number of rotatable bonds is 4. The lowest BCUT2D eigenvalue weighted by Gasteiger charge is -2.10. The van der Waals surface area contributed by atoms with Gasteiger partial charge >= 0.3 is 6.03 Å². The van der Waals surface area contributed by atoms with Crippen LogP contribution in [0.15, 0.2) is 53.0 Å². The first kappa shape index (κ1) is 17.1. The summed E-state index contributed by atoms with van der Waals surface area (Å²) >= 11 is 9.04. The third-order valence-electron chi connectivity index (χ3n) is 2.60. The molecule has 0 fully saturated rings. The number of ether oxygens (including phenoxy) is 1. The smallest absolute Gasteiger partial charge is 0.337 e. The van der Waals surface area contributed by atoms with Crippen LogP contribution in [0.4, 0.5) is 10.5 Å². The summed E-state index contributed by atoms with van der Waals surface area (Å²) in [5.41, 5.74) is 5.00. The van der Waals surface area contributed by atoms with Crippen molar-refractivity contribution in [2.45, 2.75) is 0 Å². The summed E-state index contributed by atoms with van der Waals surface area (Å²) in [5, 5.41) is 3.10. The van der Waals surface area contributed by atoms with Crippen LogP contribution in [0.3, 0.4) is 0 Å². The molecule has 6 nitrogen and oxygen atoms in total. The highest BCUT2D eigenvalue weighted by molar-refractivity contribution is 9.10. The van der Waals surface area contributed by atoms with Gasteiger partial charge in [0.05, 0.1) is 0 Å². The fourth-order valence-corrected chi connectivity index (χ4v) is 1.93. The van der Waals surface area contributed by atoms with Crippen molar-refractivity contribution in [3.05, 3.63) is 58.0 Å². The van der Waals surface area contributed by atoms with Gasteiger partial charge in [-0.25, -0.2) is 10.2 Å². The summed E-state index contributed by atoms with van der Waals surface area (Å²) in [5.74, 6) is 0.0631. The van der Waals surface area contributed by atoms with Crippen molar-refractivity contribution < 1.29 is 14.3 Å². The van der Waals surface area contributed by atoms with E-state index in [-0.39, 0.29) is 6.61 Å². The van der Waals surface area contributed by atoms with Gasteiger partial charge in [-0.05, 0) is 48.5 Å². The molecule has 2 rings (SSSR count). The molecule has 3 N–H and O–H groups in total. The van der Waals surface area contributed by atoms with Crippen LogP contribution in [0.5, 0.6) is 5.75 Å². The maximum absolute atomic E-state index is 11.6. The van der Waals surface area contributed by atoms with Gasteiger partial charge in [-0.15, -0.1) is 0 Å². The Bertz CT molecular complexity index is 677. The van der Waals surface area contributed by atoms with Crippen LogP contribution in [-0.2, 0) is 4.79 Å². The number of carbonyl (C=O) groups excluding carboxylic acids is 2. The Morgan fingerprint density at radius 2 is 1.65 bits per heavy atom. The molecule has 2 aromatic carbocycles. The molecule has 0 atom stereocenters. The largest absolute Gasteiger partial charge is 0.484 e. The quantitative estimate of drug-likeness (QED) is 0.691. The first-order valence-corrected chi connectivity index (χ1v) is 7.70. The number of benzene rings is 2. The normalized spacial score (nSPS) is 9.83. The Morgan fingerprint density at radius 1 is 1.00 bits per heavy atom. The van der Waals surface area contributed by atoms with Crippen LogP contribution in [0.25, 0.3) is 0 Å². The highest BCUT2D eigenvalue weighted by atomic mass is 79.9. The van der Waals surface area contributed by atoms with Crippen LogP contribution in [0.2, 0.25) is 5.02 Å². The molecule has 3 amide bonds. The molecule has 2 aromatic rings. The number of amides is 3. The molecule has 0 aliphatic heterocycles. The van der Waals surface area contributed by atoms with Gasteiger partial charge in [0.1, 0.15) is 5.75 Å². The summed E-state index contributed by atoms with van der Waals surface area (Å²) in [6, 6.07) is 13.0. The summed E-state index contributed by atoms with van der Waals surface area (Å²) in [6.07, 6.45) is 0. The Balaban J connectivity index is 1.70. The Hall–Kier alpha value is -2.25. The molecular weight excluding hydrogens is 386 g/mol. The zero-order chi connectivity index (χ0) is 16.7. The number of hydrazine groups is 1. The molecule has 8 heteroatoms. The van der Waals surface area contributed by atoms with Crippen LogP contribution in [-0.4, -0.2) is 18.5 Å². The van der Waals surface area contributed by atoms with E-state index in [4.69, 9.17) is 16.3 Å². The van der Waals surface area contributed by atoms with E-state index < -0.39 is 11.9 Å². The van der Waals surface area contributed by atoms with Crippen molar-refractivity contribution in [1.82, 2.24) is 10.9 Å².